The summed E-state index contributed by atoms with van der Waals surface area (Å²) in [6.07, 6.45) is 3.72. The number of methoxy groups -OCH3 is 1. The summed E-state index contributed by atoms with van der Waals surface area (Å²) in [5, 5.41) is 5.84. The molecule has 1 aromatic carbocycles. The van der Waals surface area contributed by atoms with Crippen LogP contribution in [-0.2, 0) is 11.3 Å². The molecule has 0 radical (unpaired) electrons. The summed E-state index contributed by atoms with van der Waals surface area (Å²) >= 11 is 0. The summed E-state index contributed by atoms with van der Waals surface area (Å²) < 4.78 is 5.09. The molecule has 1 atom stereocenters. The average molecular weight is 230 g/mol. The SMILES string of the molecule is COCC(C)NCc1ccc2cnccc2c1. The van der Waals surface area contributed by atoms with Crippen LogP contribution >= 0.6 is 0 Å². The Morgan fingerprint density at radius 1 is 1.29 bits per heavy atom. The molecule has 1 aromatic heterocycles. The first-order chi connectivity index (χ1) is 8.29. The van der Waals surface area contributed by atoms with Crippen molar-refractivity contribution in [3.05, 3.63) is 42.2 Å². The van der Waals surface area contributed by atoms with Crippen LogP contribution in [0.1, 0.15) is 12.5 Å². The van der Waals surface area contributed by atoms with E-state index >= 15 is 0 Å². The van der Waals surface area contributed by atoms with Gasteiger partial charge in [-0.25, -0.2) is 0 Å². The zero-order valence-electron chi connectivity index (χ0n) is 10.3. The predicted octanol–water partition coefficient (Wildman–Crippen LogP) is 2.36. The zero-order chi connectivity index (χ0) is 12.1. The van der Waals surface area contributed by atoms with Gasteiger partial charge in [-0.05, 0) is 30.0 Å². The second kappa shape index (κ2) is 5.75. The molecule has 90 valence electrons. The zero-order valence-corrected chi connectivity index (χ0v) is 10.3. The first-order valence-electron chi connectivity index (χ1n) is 5.84. The minimum absolute atomic E-state index is 0.369. The molecule has 0 amide bonds. The van der Waals surface area contributed by atoms with Crippen molar-refractivity contribution in [2.45, 2.75) is 19.5 Å². The molecule has 0 aliphatic rings. The molecule has 1 N–H and O–H groups in total. The highest BCUT2D eigenvalue weighted by Gasteiger charge is 2.01. The van der Waals surface area contributed by atoms with Gasteiger partial charge in [0, 0.05) is 37.5 Å². The Labute approximate surface area is 102 Å². The van der Waals surface area contributed by atoms with E-state index in [0.29, 0.717) is 6.04 Å². The molecule has 1 heterocycles. The van der Waals surface area contributed by atoms with Crippen molar-refractivity contribution in [3.8, 4) is 0 Å². The average Bonchev–Trinajstić information content (AvgIpc) is 2.36. The number of pyridine rings is 1. The van der Waals surface area contributed by atoms with Crippen molar-refractivity contribution in [1.82, 2.24) is 10.3 Å². The molecule has 0 saturated heterocycles. The van der Waals surface area contributed by atoms with Gasteiger partial charge < -0.3 is 10.1 Å². The van der Waals surface area contributed by atoms with Crippen molar-refractivity contribution >= 4 is 10.8 Å². The van der Waals surface area contributed by atoms with Gasteiger partial charge in [-0.15, -0.1) is 0 Å². The monoisotopic (exact) mass is 230 g/mol. The first-order valence-corrected chi connectivity index (χ1v) is 5.84. The minimum atomic E-state index is 0.369. The van der Waals surface area contributed by atoms with E-state index in [9.17, 15) is 0 Å². The maximum absolute atomic E-state index is 5.09. The summed E-state index contributed by atoms with van der Waals surface area (Å²) in [6.45, 7) is 3.72. The summed E-state index contributed by atoms with van der Waals surface area (Å²) in [5.41, 5.74) is 1.28. The van der Waals surface area contributed by atoms with Gasteiger partial charge in [-0.3, -0.25) is 4.98 Å². The molecule has 0 fully saturated rings. The number of nitrogens with one attached hydrogen (secondary N) is 1. The Bertz CT molecular complexity index is 484. The molecule has 0 spiro atoms. The number of aromatic nitrogens is 1. The number of hydrogen-bond donors (Lipinski definition) is 1. The summed E-state index contributed by atoms with van der Waals surface area (Å²) in [6, 6.07) is 8.85. The van der Waals surface area contributed by atoms with Crippen LogP contribution in [0.4, 0.5) is 0 Å². The van der Waals surface area contributed by atoms with E-state index in [1.54, 1.807) is 7.11 Å². The molecule has 0 aliphatic heterocycles. The Balaban J connectivity index is 2.04. The molecule has 3 nitrogen and oxygen atoms in total. The molecular weight excluding hydrogens is 212 g/mol. The molecule has 0 bridgehead atoms. The van der Waals surface area contributed by atoms with Gasteiger partial charge in [0.25, 0.3) is 0 Å². The third-order valence-electron chi connectivity index (χ3n) is 2.78. The number of ether oxygens (including phenoxy) is 1. The smallest absolute Gasteiger partial charge is 0.0613 e. The van der Waals surface area contributed by atoms with Crippen molar-refractivity contribution in [1.29, 1.82) is 0 Å². The third-order valence-corrected chi connectivity index (χ3v) is 2.78. The number of fused-ring (bicyclic) bond motifs is 1. The summed E-state index contributed by atoms with van der Waals surface area (Å²) in [5.74, 6) is 0. The van der Waals surface area contributed by atoms with Crippen molar-refractivity contribution in [2.24, 2.45) is 0 Å². The Morgan fingerprint density at radius 3 is 3.00 bits per heavy atom. The predicted molar refractivity (Wildman–Crippen MR) is 69.9 cm³/mol. The van der Waals surface area contributed by atoms with Gasteiger partial charge in [0.1, 0.15) is 0 Å². The Morgan fingerprint density at radius 2 is 2.18 bits per heavy atom. The molecule has 2 rings (SSSR count). The summed E-state index contributed by atoms with van der Waals surface area (Å²) in [4.78, 5) is 4.11. The summed E-state index contributed by atoms with van der Waals surface area (Å²) in [7, 11) is 1.72. The quantitative estimate of drug-likeness (QED) is 0.856. The fraction of sp³-hybridized carbons (Fsp3) is 0.357. The highest BCUT2D eigenvalue weighted by molar-refractivity contribution is 5.81. The second-order valence-electron chi connectivity index (χ2n) is 4.29. The fourth-order valence-electron chi connectivity index (χ4n) is 1.84. The van der Waals surface area contributed by atoms with Crippen LogP contribution in [0.5, 0.6) is 0 Å². The topological polar surface area (TPSA) is 34.1 Å². The molecular formula is C14H18N2O. The standard InChI is InChI=1S/C14H18N2O/c1-11(10-17-2)16-8-12-3-4-14-9-15-6-5-13(14)7-12/h3-7,9,11,16H,8,10H2,1-2H3. The van der Waals surface area contributed by atoms with Crippen LogP contribution in [0.2, 0.25) is 0 Å². The van der Waals surface area contributed by atoms with Crippen molar-refractivity contribution < 1.29 is 4.74 Å². The fourth-order valence-corrected chi connectivity index (χ4v) is 1.84. The molecule has 0 saturated carbocycles. The van der Waals surface area contributed by atoms with E-state index < -0.39 is 0 Å². The Kier molecular flexibility index (Phi) is 4.07. The van der Waals surface area contributed by atoms with Crippen molar-refractivity contribution in [3.63, 3.8) is 0 Å². The highest BCUT2D eigenvalue weighted by atomic mass is 16.5. The van der Waals surface area contributed by atoms with Crippen LogP contribution < -0.4 is 5.32 Å². The lowest BCUT2D eigenvalue weighted by molar-refractivity contribution is 0.171. The van der Waals surface area contributed by atoms with E-state index in [-0.39, 0.29) is 0 Å². The number of rotatable bonds is 5. The first kappa shape index (κ1) is 12.0. The number of hydrogen-bond acceptors (Lipinski definition) is 3. The van der Waals surface area contributed by atoms with Crippen LogP contribution in [0.25, 0.3) is 10.8 Å². The largest absolute Gasteiger partial charge is 0.383 e. The number of nitrogens with zero attached hydrogens (tertiary/aromatic N) is 1. The number of benzene rings is 1. The van der Waals surface area contributed by atoms with Gasteiger partial charge >= 0.3 is 0 Å². The Hall–Kier alpha value is -1.45. The highest BCUT2D eigenvalue weighted by Crippen LogP contribution is 2.14. The molecule has 17 heavy (non-hydrogen) atoms. The van der Waals surface area contributed by atoms with Crippen LogP contribution in [0, 0.1) is 0 Å². The maximum atomic E-state index is 5.09. The third kappa shape index (κ3) is 3.25. The van der Waals surface area contributed by atoms with Gasteiger partial charge in [0.15, 0.2) is 0 Å². The van der Waals surface area contributed by atoms with Gasteiger partial charge in [0.05, 0.1) is 6.61 Å². The lowest BCUT2D eigenvalue weighted by atomic mass is 10.1. The normalized spacial score (nSPS) is 12.8. The maximum Gasteiger partial charge on any atom is 0.0613 e. The van der Waals surface area contributed by atoms with E-state index in [1.165, 1.54) is 16.3 Å². The minimum Gasteiger partial charge on any atom is -0.383 e. The van der Waals surface area contributed by atoms with Gasteiger partial charge in [0.2, 0.25) is 0 Å². The van der Waals surface area contributed by atoms with Crippen LogP contribution in [0.15, 0.2) is 36.7 Å². The van der Waals surface area contributed by atoms with Gasteiger partial charge in [-0.1, -0.05) is 12.1 Å². The van der Waals surface area contributed by atoms with Crippen LogP contribution in [-0.4, -0.2) is 24.7 Å². The molecule has 2 aromatic rings. The van der Waals surface area contributed by atoms with Crippen molar-refractivity contribution in [2.75, 3.05) is 13.7 Å². The molecule has 1 unspecified atom stereocenters. The van der Waals surface area contributed by atoms with E-state index in [0.717, 1.165) is 13.2 Å². The second-order valence-corrected chi connectivity index (χ2v) is 4.29. The lowest BCUT2D eigenvalue weighted by Crippen LogP contribution is -2.29. The van der Waals surface area contributed by atoms with E-state index in [1.807, 2.05) is 18.5 Å². The molecule has 0 aliphatic carbocycles. The lowest BCUT2D eigenvalue weighted by Gasteiger charge is -2.12. The van der Waals surface area contributed by atoms with E-state index in [4.69, 9.17) is 4.74 Å². The molecule has 3 heteroatoms. The van der Waals surface area contributed by atoms with E-state index in [2.05, 4.69) is 35.4 Å². The van der Waals surface area contributed by atoms with Crippen LogP contribution in [0.3, 0.4) is 0 Å². The van der Waals surface area contributed by atoms with Gasteiger partial charge in [-0.2, -0.15) is 0 Å².